The van der Waals surface area contributed by atoms with Gasteiger partial charge in [0.2, 0.25) is 0 Å². The highest BCUT2D eigenvalue weighted by atomic mass is 16.5. The van der Waals surface area contributed by atoms with Gasteiger partial charge >= 0.3 is 0 Å². The van der Waals surface area contributed by atoms with Crippen molar-refractivity contribution in [2.75, 3.05) is 11.5 Å². The number of nitrogen functional groups attached to an aromatic ring is 2. The second kappa shape index (κ2) is 8.27. The average molecular weight is 384 g/mol. The molecule has 0 aliphatic carbocycles. The van der Waals surface area contributed by atoms with Crippen LogP contribution in [-0.4, -0.2) is 0 Å². The third-order valence-electron chi connectivity index (χ3n) is 4.21. The predicted molar refractivity (Wildman–Crippen MR) is 115 cm³/mol. The summed E-state index contributed by atoms with van der Waals surface area (Å²) in [6.07, 6.45) is 0. The zero-order valence-electron chi connectivity index (χ0n) is 15.6. The van der Waals surface area contributed by atoms with Gasteiger partial charge in [0, 0.05) is 0 Å². The number of rotatable bonds is 6. The summed E-state index contributed by atoms with van der Waals surface area (Å²) in [5.74, 6) is 3.28. The van der Waals surface area contributed by atoms with E-state index < -0.39 is 0 Å². The van der Waals surface area contributed by atoms with Gasteiger partial charge in [-0.25, -0.2) is 0 Å². The minimum absolute atomic E-state index is 0.380. The molecule has 0 heterocycles. The molecule has 0 aliphatic rings. The highest BCUT2D eigenvalue weighted by molar-refractivity contribution is 5.68. The average Bonchev–Trinajstić information content (AvgIpc) is 2.75. The fraction of sp³-hybridized carbons (Fsp3) is 0. The molecule has 0 saturated heterocycles. The lowest BCUT2D eigenvalue weighted by molar-refractivity contribution is 0.458. The van der Waals surface area contributed by atoms with Gasteiger partial charge in [0.25, 0.3) is 0 Å². The Bertz CT molecular complexity index is 1010. The van der Waals surface area contributed by atoms with Gasteiger partial charge < -0.3 is 25.7 Å². The first-order valence-corrected chi connectivity index (χ1v) is 9.11. The van der Waals surface area contributed by atoms with Crippen LogP contribution >= 0.6 is 0 Å². The molecule has 0 bridgehead atoms. The molecule has 0 radical (unpaired) electrons. The lowest BCUT2D eigenvalue weighted by atomic mass is 10.2. The molecule has 29 heavy (non-hydrogen) atoms. The molecule has 4 N–H and O–H groups in total. The first-order chi connectivity index (χ1) is 14.2. The van der Waals surface area contributed by atoms with E-state index in [2.05, 4.69) is 0 Å². The van der Waals surface area contributed by atoms with Crippen LogP contribution in [0.4, 0.5) is 11.4 Å². The van der Waals surface area contributed by atoms with Crippen LogP contribution in [0.25, 0.3) is 0 Å². The Morgan fingerprint density at radius 1 is 0.379 bits per heavy atom. The molecule has 4 aromatic carbocycles. The van der Waals surface area contributed by atoms with Crippen molar-refractivity contribution in [3.63, 3.8) is 0 Å². The maximum Gasteiger partial charge on any atom is 0.154 e. The zero-order valence-corrected chi connectivity index (χ0v) is 15.6. The summed E-state index contributed by atoms with van der Waals surface area (Å²) in [5.41, 5.74) is 13.3. The van der Waals surface area contributed by atoms with Gasteiger partial charge in [-0.3, -0.25) is 0 Å². The fourth-order valence-electron chi connectivity index (χ4n) is 2.75. The van der Waals surface area contributed by atoms with Crippen molar-refractivity contribution >= 4 is 11.4 Å². The van der Waals surface area contributed by atoms with E-state index in [0.29, 0.717) is 45.9 Å². The molecule has 0 fully saturated rings. The molecule has 0 aromatic heterocycles. The monoisotopic (exact) mass is 384 g/mol. The van der Waals surface area contributed by atoms with Crippen molar-refractivity contribution in [1.29, 1.82) is 0 Å². The van der Waals surface area contributed by atoms with Gasteiger partial charge in [-0.1, -0.05) is 48.5 Å². The van der Waals surface area contributed by atoms with E-state index in [1.165, 1.54) is 0 Å². The summed E-state index contributed by atoms with van der Waals surface area (Å²) in [5, 5.41) is 0. The maximum atomic E-state index is 6.27. The second-order valence-corrected chi connectivity index (χ2v) is 6.27. The third kappa shape index (κ3) is 4.25. The van der Waals surface area contributed by atoms with Crippen molar-refractivity contribution in [3.8, 4) is 34.5 Å². The molecular weight excluding hydrogens is 364 g/mol. The molecule has 4 aromatic rings. The summed E-state index contributed by atoms with van der Waals surface area (Å²) in [6.45, 7) is 0. The van der Waals surface area contributed by atoms with E-state index in [4.69, 9.17) is 25.7 Å². The summed E-state index contributed by atoms with van der Waals surface area (Å²) < 4.78 is 17.7. The number of hydrogen-bond acceptors (Lipinski definition) is 5. The summed E-state index contributed by atoms with van der Waals surface area (Å²) in [4.78, 5) is 0. The van der Waals surface area contributed by atoms with Gasteiger partial charge in [0.15, 0.2) is 23.0 Å². The topological polar surface area (TPSA) is 79.7 Å². The van der Waals surface area contributed by atoms with Crippen LogP contribution in [0.3, 0.4) is 0 Å². The second-order valence-electron chi connectivity index (χ2n) is 6.27. The van der Waals surface area contributed by atoms with E-state index in [-0.39, 0.29) is 0 Å². The molecule has 144 valence electrons. The van der Waals surface area contributed by atoms with Gasteiger partial charge in [0.1, 0.15) is 22.9 Å². The summed E-state index contributed by atoms with van der Waals surface area (Å²) in [6, 6.07) is 29.6. The van der Waals surface area contributed by atoms with E-state index >= 15 is 0 Å². The fourth-order valence-corrected chi connectivity index (χ4v) is 2.75. The van der Waals surface area contributed by atoms with Crippen molar-refractivity contribution in [1.82, 2.24) is 0 Å². The number of para-hydroxylation sites is 4. The van der Waals surface area contributed by atoms with Gasteiger partial charge in [-0.05, 0) is 48.5 Å². The van der Waals surface area contributed by atoms with Crippen LogP contribution in [0, 0.1) is 0 Å². The van der Waals surface area contributed by atoms with Gasteiger partial charge in [0.05, 0.1) is 0 Å². The minimum Gasteiger partial charge on any atom is -0.455 e. The minimum atomic E-state index is 0.380. The van der Waals surface area contributed by atoms with E-state index in [0.717, 1.165) is 0 Å². The van der Waals surface area contributed by atoms with Crippen molar-refractivity contribution in [2.45, 2.75) is 0 Å². The summed E-state index contributed by atoms with van der Waals surface area (Å²) in [7, 11) is 0. The van der Waals surface area contributed by atoms with Gasteiger partial charge in [-0.15, -0.1) is 0 Å². The molecule has 0 unspecified atom stereocenters. The Balaban J connectivity index is 1.58. The first-order valence-electron chi connectivity index (χ1n) is 9.11. The first kappa shape index (κ1) is 18.3. The number of nitrogens with two attached hydrogens (primary N) is 2. The molecule has 0 amide bonds. The van der Waals surface area contributed by atoms with E-state index in [1.54, 1.807) is 24.3 Å². The third-order valence-corrected chi connectivity index (χ3v) is 4.21. The Kier molecular flexibility index (Phi) is 5.21. The Hall–Kier alpha value is -4.12. The summed E-state index contributed by atoms with van der Waals surface area (Å²) >= 11 is 0. The molecule has 5 heteroatoms. The highest BCUT2D eigenvalue weighted by Crippen LogP contribution is 2.41. The van der Waals surface area contributed by atoms with E-state index in [9.17, 15) is 0 Å². The standard InChI is InChI=1S/C24H20N2O3/c25-23-19(27-17-9-3-1-4-10-17)13-7-15-21(23)29-22-16-8-14-20(24(22)26)28-18-11-5-2-6-12-18/h1-16H,25-26H2. The number of benzene rings is 4. The Morgan fingerprint density at radius 2 is 0.724 bits per heavy atom. The smallest absolute Gasteiger partial charge is 0.154 e. The lowest BCUT2D eigenvalue weighted by Gasteiger charge is -2.15. The maximum absolute atomic E-state index is 6.27. The largest absolute Gasteiger partial charge is 0.455 e. The van der Waals surface area contributed by atoms with Gasteiger partial charge in [-0.2, -0.15) is 0 Å². The molecule has 0 spiro atoms. The quantitative estimate of drug-likeness (QED) is 0.385. The molecule has 0 aliphatic heterocycles. The lowest BCUT2D eigenvalue weighted by Crippen LogP contribution is -1.99. The van der Waals surface area contributed by atoms with Crippen LogP contribution in [0.2, 0.25) is 0 Å². The van der Waals surface area contributed by atoms with Crippen LogP contribution in [0.15, 0.2) is 97.1 Å². The Morgan fingerprint density at radius 3 is 1.10 bits per heavy atom. The van der Waals surface area contributed by atoms with Crippen molar-refractivity contribution in [3.05, 3.63) is 97.1 Å². The normalized spacial score (nSPS) is 10.3. The van der Waals surface area contributed by atoms with Crippen LogP contribution in [-0.2, 0) is 0 Å². The van der Waals surface area contributed by atoms with E-state index in [1.807, 2.05) is 72.8 Å². The number of ether oxygens (including phenoxy) is 3. The number of hydrogen-bond donors (Lipinski definition) is 2. The molecule has 0 atom stereocenters. The molecule has 5 nitrogen and oxygen atoms in total. The molecule has 4 rings (SSSR count). The molecular formula is C24H20N2O3. The predicted octanol–water partition coefficient (Wildman–Crippen LogP) is 6.23. The zero-order chi connectivity index (χ0) is 20.1. The molecule has 0 saturated carbocycles. The number of anilines is 2. The highest BCUT2D eigenvalue weighted by Gasteiger charge is 2.13. The van der Waals surface area contributed by atoms with Crippen LogP contribution in [0.5, 0.6) is 34.5 Å². The Labute approximate surface area is 169 Å². The van der Waals surface area contributed by atoms with Crippen molar-refractivity contribution in [2.24, 2.45) is 0 Å². The van der Waals surface area contributed by atoms with Crippen LogP contribution < -0.4 is 25.7 Å². The van der Waals surface area contributed by atoms with Crippen molar-refractivity contribution < 1.29 is 14.2 Å². The van der Waals surface area contributed by atoms with Crippen LogP contribution in [0.1, 0.15) is 0 Å². The SMILES string of the molecule is Nc1c(Oc2ccccc2)cccc1Oc1cccc(Oc2ccccc2)c1N.